The number of aryl methyl sites for hydroxylation is 1. The Bertz CT molecular complexity index is 949. The molecule has 6 heteroatoms. The number of rotatable bonds is 2. The van der Waals surface area contributed by atoms with E-state index in [1.807, 2.05) is 0 Å². The van der Waals surface area contributed by atoms with Gasteiger partial charge in [-0.2, -0.15) is 0 Å². The Morgan fingerprint density at radius 3 is 2.71 bits per heavy atom. The first kappa shape index (κ1) is 14.6. The Morgan fingerprint density at radius 1 is 1.12 bits per heavy atom. The van der Waals surface area contributed by atoms with Crippen LogP contribution in [0.25, 0.3) is 10.9 Å². The first-order chi connectivity index (χ1) is 11.6. The van der Waals surface area contributed by atoms with E-state index < -0.39 is 0 Å². The highest BCUT2D eigenvalue weighted by Crippen LogP contribution is 2.33. The second-order valence-corrected chi connectivity index (χ2v) is 5.58. The number of amides is 1. The van der Waals surface area contributed by atoms with Crippen molar-refractivity contribution in [2.75, 3.05) is 18.5 Å². The molecule has 0 radical (unpaired) electrons. The summed E-state index contributed by atoms with van der Waals surface area (Å²) in [6, 6.07) is 11.7. The number of benzene rings is 2. The molecule has 0 spiro atoms. The lowest BCUT2D eigenvalue weighted by Crippen LogP contribution is -2.17. The standard InChI is InChI=1S/C18H15FN2O3/c1-21-14(9-11-3-2-4-13(19)17(11)21)18(22)20-12-5-6-15-16(10-12)24-8-7-23-15/h2-6,9-10H,7-8H2,1H3,(H,20,22). The number of hydrogen-bond donors (Lipinski definition) is 1. The Kier molecular flexibility index (Phi) is 3.37. The minimum absolute atomic E-state index is 0.315. The van der Waals surface area contributed by atoms with Crippen molar-refractivity contribution in [2.45, 2.75) is 0 Å². The molecule has 0 unspecified atom stereocenters. The third-order valence-electron chi connectivity index (χ3n) is 4.04. The Hall–Kier alpha value is -3.02. The summed E-state index contributed by atoms with van der Waals surface area (Å²) >= 11 is 0. The Balaban J connectivity index is 1.65. The van der Waals surface area contributed by atoms with E-state index in [1.54, 1.807) is 48.0 Å². The first-order valence-corrected chi connectivity index (χ1v) is 7.58. The van der Waals surface area contributed by atoms with Crippen molar-refractivity contribution in [2.24, 2.45) is 7.05 Å². The van der Waals surface area contributed by atoms with Crippen molar-refractivity contribution in [1.29, 1.82) is 0 Å². The van der Waals surface area contributed by atoms with Crippen LogP contribution < -0.4 is 14.8 Å². The molecule has 0 aliphatic carbocycles. The molecule has 2 aromatic carbocycles. The van der Waals surface area contributed by atoms with Gasteiger partial charge in [-0.1, -0.05) is 12.1 Å². The molecule has 0 fully saturated rings. The van der Waals surface area contributed by atoms with Crippen LogP contribution in [0.5, 0.6) is 11.5 Å². The number of anilines is 1. The van der Waals surface area contributed by atoms with Gasteiger partial charge in [0.25, 0.3) is 5.91 Å². The van der Waals surface area contributed by atoms with Gasteiger partial charge in [-0.3, -0.25) is 4.79 Å². The maximum absolute atomic E-state index is 14.0. The number of nitrogens with one attached hydrogen (secondary N) is 1. The molecular formula is C18H15FN2O3. The molecule has 122 valence electrons. The quantitative estimate of drug-likeness (QED) is 0.786. The van der Waals surface area contributed by atoms with Crippen LogP contribution in [0.1, 0.15) is 10.5 Å². The number of carbonyl (C=O) groups is 1. The molecule has 5 nitrogen and oxygen atoms in total. The molecule has 1 N–H and O–H groups in total. The fraction of sp³-hybridized carbons (Fsp3) is 0.167. The van der Waals surface area contributed by atoms with Crippen molar-refractivity contribution >= 4 is 22.5 Å². The predicted octanol–water partition coefficient (Wildman–Crippen LogP) is 3.34. The van der Waals surface area contributed by atoms with E-state index in [9.17, 15) is 9.18 Å². The molecule has 0 atom stereocenters. The van der Waals surface area contributed by atoms with Crippen LogP contribution in [0, 0.1) is 5.82 Å². The topological polar surface area (TPSA) is 52.5 Å². The summed E-state index contributed by atoms with van der Waals surface area (Å²) in [4.78, 5) is 12.6. The smallest absolute Gasteiger partial charge is 0.272 e. The lowest BCUT2D eigenvalue weighted by molar-refractivity contribution is 0.101. The van der Waals surface area contributed by atoms with E-state index in [0.29, 0.717) is 47.0 Å². The van der Waals surface area contributed by atoms with Gasteiger partial charge in [0, 0.05) is 24.2 Å². The van der Waals surface area contributed by atoms with Gasteiger partial charge in [0.1, 0.15) is 24.7 Å². The van der Waals surface area contributed by atoms with Gasteiger partial charge in [0.2, 0.25) is 0 Å². The number of para-hydroxylation sites is 1. The summed E-state index contributed by atoms with van der Waals surface area (Å²) in [6.45, 7) is 0.993. The van der Waals surface area contributed by atoms with Crippen molar-refractivity contribution < 1.29 is 18.7 Å². The van der Waals surface area contributed by atoms with Gasteiger partial charge in [-0.15, -0.1) is 0 Å². The van der Waals surface area contributed by atoms with Crippen LogP contribution in [-0.2, 0) is 7.05 Å². The summed E-state index contributed by atoms with van der Waals surface area (Å²) in [7, 11) is 1.67. The zero-order chi connectivity index (χ0) is 16.7. The molecule has 2 heterocycles. The minimum atomic E-state index is -0.353. The first-order valence-electron chi connectivity index (χ1n) is 7.58. The number of carbonyl (C=O) groups excluding carboxylic acids is 1. The van der Waals surface area contributed by atoms with Crippen LogP contribution in [0.2, 0.25) is 0 Å². The summed E-state index contributed by atoms with van der Waals surface area (Å²) in [5.41, 5.74) is 1.38. The molecular weight excluding hydrogens is 311 g/mol. The Morgan fingerprint density at radius 2 is 1.92 bits per heavy atom. The van der Waals surface area contributed by atoms with Crippen molar-refractivity contribution in [1.82, 2.24) is 4.57 Å². The van der Waals surface area contributed by atoms with Crippen molar-refractivity contribution in [3.8, 4) is 11.5 Å². The SMILES string of the molecule is Cn1c(C(=O)Nc2ccc3c(c2)OCCO3)cc2cccc(F)c21. The molecule has 1 aliphatic rings. The maximum atomic E-state index is 14.0. The zero-order valence-electron chi connectivity index (χ0n) is 13.0. The van der Waals surface area contributed by atoms with Crippen LogP contribution >= 0.6 is 0 Å². The third kappa shape index (κ3) is 2.36. The second-order valence-electron chi connectivity index (χ2n) is 5.58. The number of ether oxygens (including phenoxy) is 2. The monoisotopic (exact) mass is 326 g/mol. The molecule has 0 bridgehead atoms. The summed E-state index contributed by atoms with van der Waals surface area (Å²) in [5, 5.41) is 3.50. The van der Waals surface area contributed by atoms with Gasteiger partial charge in [-0.05, 0) is 24.3 Å². The molecule has 0 saturated carbocycles. The average molecular weight is 326 g/mol. The highest BCUT2D eigenvalue weighted by Gasteiger charge is 2.17. The minimum Gasteiger partial charge on any atom is -0.486 e. The molecule has 1 aliphatic heterocycles. The highest BCUT2D eigenvalue weighted by atomic mass is 19.1. The largest absolute Gasteiger partial charge is 0.486 e. The van der Waals surface area contributed by atoms with E-state index in [0.717, 1.165) is 0 Å². The van der Waals surface area contributed by atoms with Gasteiger partial charge < -0.3 is 19.4 Å². The molecule has 0 saturated heterocycles. The van der Waals surface area contributed by atoms with Crippen molar-refractivity contribution in [3.05, 3.63) is 54.0 Å². The molecule has 1 aromatic heterocycles. The van der Waals surface area contributed by atoms with Crippen LogP contribution in [0.3, 0.4) is 0 Å². The van der Waals surface area contributed by atoms with Gasteiger partial charge in [0.05, 0.1) is 5.52 Å². The van der Waals surface area contributed by atoms with E-state index >= 15 is 0 Å². The van der Waals surface area contributed by atoms with Gasteiger partial charge in [0.15, 0.2) is 11.5 Å². The predicted molar refractivity (Wildman–Crippen MR) is 88.3 cm³/mol. The Labute approximate surface area is 137 Å². The fourth-order valence-corrected chi connectivity index (χ4v) is 2.90. The number of halogens is 1. The molecule has 1 amide bonds. The summed E-state index contributed by atoms with van der Waals surface area (Å²) in [6.07, 6.45) is 0. The summed E-state index contributed by atoms with van der Waals surface area (Å²) in [5.74, 6) is 0.589. The normalized spacial score (nSPS) is 13.1. The van der Waals surface area contributed by atoms with Crippen LogP contribution in [-0.4, -0.2) is 23.7 Å². The number of nitrogens with zero attached hydrogens (tertiary/aromatic N) is 1. The average Bonchev–Trinajstić information content (AvgIpc) is 2.93. The van der Waals surface area contributed by atoms with E-state index in [4.69, 9.17) is 9.47 Å². The highest BCUT2D eigenvalue weighted by molar-refractivity contribution is 6.06. The van der Waals surface area contributed by atoms with E-state index in [2.05, 4.69) is 5.32 Å². The van der Waals surface area contributed by atoms with E-state index in [-0.39, 0.29) is 11.7 Å². The molecule has 24 heavy (non-hydrogen) atoms. The number of fused-ring (bicyclic) bond motifs is 2. The van der Waals surface area contributed by atoms with Crippen LogP contribution in [0.4, 0.5) is 10.1 Å². The van der Waals surface area contributed by atoms with Crippen molar-refractivity contribution in [3.63, 3.8) is 0 Å². The number of aromatic nitrogens is 1. The van der Waals surface area contributed by atoms with E-state index in [1.165, 1.54) is 6.07 Å². The van der Waals surface area contributed by atoms with Crippen LogP contribution in [0.15, 0.2) is 42.5 Å². The maximum Gasteiger partial charge on any atom is 0.272 e. The molecule has 3 aromatic rings. The molecule has 4 rings (SSSR count). The fourth-order valence-electron chi connectivity index (χ4n) is 2.90. The van der Waals surface area contributed by atoms with Gasteiger partial charge in [-0.25, -0.2) is 4.39 Å². The second kappa shape index (κ2) is 5.56. The lowest BCUT2D eigenvalue weighted by Gasteiger charge is -2.19. The zero-order valence-corrected chi connectivity index (χ0v) is 13.0. The number of hydrogen-bond acceptors (Lipinski definition) is 3. The lowest BCUT2D eigenvalue weighted by atomic mass is 10.2. The summed E-state index contributed by atoms with van der Waals surface area (Å²) < 4.78 is 26.5. The third-order valence-corrected chi connectivity index (χ3v) is 4.04. The van der Waals surface area contributed by atoms with Gasteiger partial charge >= 0.3 is 0 Å².